The van der Waals surface area contributed by atoms with E-state index in [0.717, 1.165) is 15.9 Å². The van der Waals surface area contributed by atoms with E-state index in [9.17, 15) is 0 Å². The summed E-state index contributed by atoms with van der Waals surface area (Å²) >= 11 is 3.42. The van der Waals surface area contributed by atoms with Crippen molar-refractivity contribution in [2.24, 2.45) is 0 Å². The normalized spacial score (nSPS) is 12.3. The Morgan fingerprint density at radius 3 is 2.60 bits per heavy atom. The molecular weight excluding hydrogens is 256 g/mol. The zero-order chi connectivity index (χ0) is 11.2. The van der Waals surface area contributed by atoms with Crippen molar-refractivity contribution < 1.29 is 0 Å². The molecule has 2 rings (SSSR count). The maximum absolute atomic E-state index is 5.79. The summed E-state index contributed by atoms with van der Waals surface area (Å²) in [7, 11) is 0. The van der Waals surface area contributed by atoms with E-state index in [1.807, 2.05) is 16.7 Å². The van der Waals surface area contributed by atoms with Gasteiger partial charge in [-0.05, 0) is 22.0 Å². The summed E-state index contributed by atoms with van der Waals surface area (Å²) in [5, 5.41) is 8.33. The summed E-state index contributed by atoms with van der Waals surface area (Å²) in [6.45, 7) is 6.29. The van der Waals surface area contributed by atoms with Crippen LogP contribution in [0.25, 0.3) is 5.65 Å². The number of nitrogen functional groups attached to an aromatic ring is 1. The SMILES string of the molecule is CC(C)(C)c1nnc2c(Br)cc(N)cn12. The molecule has 0 aliphatic heterocycles. The van der Waals surface area contributed by atoms with Gasteiger partial charge in [-0.15, -0.1) is 10.2 Å². The van der Waals surface area contributed by atoms with Crippen LogP contribution < -0.4 is 5.73 Å². The lowest BCUT2D eigenvalue weighted by Crippen LogP contribution is -2.16. The fraction of sp³-hybridized carbons (Fsp3) is 0.400. The third kappa shape index (κ3) is 1.71. The number of aromatic nitrogens is 3. The average Bonchev–Trinajstić information content (AvgIpc) is 2.45. The van der Waals surface area contributed by atoms with Crippen LogP contribution in [0.5, 0.6) is 0 Å². The molecule has 15 heavy (non-hydrogen) atoms. The van der Waals surface area contributed by atoms with E-state index >= 15 is 0 Å². The molecule has 0 spiro atoms. The molecule has 0 saturated carbocycles. The molecule has 2 heterocycles. The highest BCUT2D eigenvalue weighted by molar-refractivity contribution is 9.10. The van der Waals surface area contributed by atoms with E-state index in [1.54, 1.807) is 0 Å². The third-order valence-electron chi connectivity index (χ3n) is 2.15. The number of pyridine rings is 1. The lowest BCUT2D eigenvalue weighted by atomic mass is 9.96. The van der Waals surface area contributed by atoms with Gasteiger partial charge >= 0.3 is 0 Å². The van der Waals surface area contributed by atoms with Crippen molar-refractivity contribution >= 4 is 27.3 Å². The van der Waals surface area contributed by atoms with Crippen molar-refractivity contribution in [1.29, 1.82) is 0 Å². The van der Waals surface area contributed by atoms with Gasteiger partial charge < -0.3 is 5.73 Å². The van der Waals surface area contributed by atoms with Gasteiger partial charge in [-0.2, -0.15) is 0 Å². The van der Waals surface area contributed by atoms with Crippen LogP contribution in [0.2, 0.25) is 0 Å². The zero-order valence-corrected chi connectivity index (χ0v) is 10.5. The van der Waals surface area contributed by atoms with Crippen LogP contribution in [0.1, 0.15) is 26.6 Å². The van der Waals surface area contributed by atoms with E-state index in [-0.39, 0.29) is 5.41 Å². The molecule has 0 aliphatic rings. The van der Waals surface area contributed by atoms with Crippen LogP contribution in [0.4, 0.5) is 5.69 Å². The summed E-state index contributed by atoms with van der Waals surface area (Å²) in [6.07, 6.45) is 1.85. The number of hydrogen-bond donors (Lipinski definition) is 1. The Bertz CT molecular complexity index is 510. The molecular formula is C10H13BrN4. The Labute approximate surface area is 96.6 Å². The van der Waals surface area contributed by atoms with Gasteiger partial charge in [0.1, 0.15) is 5.82 Å². The Kier molecular flexibility index (Phi) is 2.22. The van der Waals surface area contributed by atoms with Crippen LogP contribution in [-0.4, -0.2) is 14.6 Å². The summed E-state index contributed by atoms with van der Waals surface area (Å²) < 4.78 is 2.80. The number of hydrogen-bond acceptors (Lipinski definition) is 3. The molecule has 0 atom stereocenters. The van der Waals surface area contributed by atoms with Gasteiger partial charge in [-0.3, -0.25) is 4.40 Å². The molecule has 0 unspecified atom stereocenters. The lowest BCUT2D eigenvalue weighted by molar-refractivity contribution is 0.539. The fourth-order valence-electron chi connectivity index (χ4n) is 1.49. The van der Waals surface area contributed by atoms with Crippen molar-refractivity contribution in [3.63, 3.8) is 0 Å². The van der Waals surface area contributed by atoms with E-state index in [2.05, 4.69) is 46.9 Å². The molecule has 0 aliphatic carbocycles. The van der Waals surface area contributed by atoms with Crippen LogP contribution in [0.3, 0.4) is 0 Å². The topological polar surface area (TPSA) is 56.2 Å². The summed E-state index contributed by atoms with van der Waals surface area (Å²) in [6, 6.07) is 1.83. The molecule has 0 fully saturated rings. The molecule has 0 saturated heterocycles. The maximum Gasteiger partial charge on any atom is 0.175 e. The minimum Gasteiger partial charge on any atom is -0.397 e. The van der Waals surface area contributed by atoms with Gasteiger partial charge in [-0.1, -0.05) is 20.8 Å². The number of halogens is 1. The Morgan fingerprint density at radius 2 is 2.00 bits per heavy atom. The molecule has 80 valence electrons. The van der Waals surface area contributed by atoms with Crippen molar-refractivity contribution in [3.8, 4) is 0 Å². The lowest BCUT2D eigenvalue weighted by Gasteiger charge is -2.15. The summed E-state index contributed by atoms with van der Waals surface area (Å²) in [5.41, 5.74) is 7.23. The van der Waals surface area contributed by atoms with Gasteiger partial charge in [-0.25, -0.2) is 0 Å². The number of rotatable bonds is 0. The first kappa shape index (κ1) is 10.4. The van der Waals surface area contributed by atoms with Crippen molar-refractivity contribution in [2.45, 2.75) is 26.2 Å². The third-order valence-corrected chi connectivity index (χ3v) is 2.74. The zero-order valence-electron chi connectivity index (χ0n) is 8.95. The van der Waals surface area contributed by atoms with Gasteiger partial charge in [0.2, 0.25) is 0 Å². The fourth-order valence-corrected chi connectivity index (χ4v) is 2.02. The molecule has 2 N–H and O–H groups in total. The number of nitrogens with two attached hydrogens (primary N) is 1. The molecule has 0 aromatic carbocycles. The second-order valence-electron chi connectivity index (χ2n) is 4.59. The highest BCUT2D eigenvalue weighted by Gasteiger charge is 2.21. The second-order valence-corrected chi connectivity index (χ2v) is 5.44. The highest BCUT2D eigenvalue weighted by atomic mass is 79.9. The Hall–Kier alpha value is -1.10. The average molecular weight is 269 g/mol. The first-order chi connectivity index (χ1) is 6.89. The predicted molar refractivity (Wildman–Crippen MR) is 63.8 cm³/mol. The Morgan fingerprint density at radius 1 is 1.33 bits per heavy atom. The summed E-state index contributed by atoms with van der Waals surface area (Å²) in [4.78, 5) is 0. The van der Waals surface area contributed by atoms with E-state index < -0.39 is 0 Å². The predicted octanol–water partition coefficient (Wildman–Crippen LogP) is 2.37. The van der Waals surface area contributed by atoms with Crippen molar-refractivity contribution in [1.82, 2.24) is 14.6 Å². The summed E-state index contributed by atoms with van der Waals surface area (Å²) in [5.74, 6) is 0.908. The molecule has 2 aromatic heterocycles. The number of anilines is 1. The highest BCUT2D eigenvalue weighted by Crippen LogP contribution is 2.25. The van der Waals surface area contributed by atoms with Crippen molar-refractivity contribution in [2.75, 3.05) is 5.73 Å². The quantitative estimate of drug-likeness (QED) is 0.798. The Balaban J connectivity index is 2.80. The van der Waals surface area contributed by atoms with Crippen LogP contribution in [0, 0.1) is 0 Å². The molecule has 5 heteroatoms. The largest absolute Gasteiger partial charge is 0.397 e. The van der Waals surface area contributed by atoms with Gasteiger partial charge in [0.25, 0.3) is 0 Å². The standard InChI is InChI=1S/C10H13BrN4/c1-10(2,3)9-14-13-8-7(11)4-6(12)5-15(8)9/h4-5H,12H2,1-3H3. The minimum absolute atomic E-state index is 0.0490. The van der Waals surface area contributed by atoms with Crippen LogP contribution in [0.15, 0.2) is 16.7 Å². The van der Waals surface area contributed by atoms with Gasteiger partial charge in [0, 0.05) is 17.3 Å². The molecule has 0 amide bonds. The first-order valence-electron chi connectivity index (χ1n) is 4.70. The van der Waals surface area contributed by atoms with E-state index in [0.29, 0.717) is 5.69 Å². The van der Waals surface area contributed by atoms with E-state index in [1.165, 1.54) is 0 Å². The number of nitrogens with zero attached hydrogens (tertiary/aromatic N) is 3. The maximum atomic E-state index is 5.79. The van der Waals surface area contributed by atoms with Crippen LogP contribution >= 0.6 is 15.9 Å². The first-order valence-corrected chi connectivity index (χ1v) is 5.49. The van der Waals surface area contributed by atoms with Crippen molar-refractivity contribution in [3.05, 3.63) is 22.6 Å². The smallest absolute Gasteiger partial charge is 0.175 e. The van der Waals surface area contributed by atoms with Gasteiger partial charge in [0.15, 0.2) is 5.65 Å². The van der Waals surface area contributed by atoms with E-state index in [4.69, 9.17) is 5.73 Å². The molecule has 4 nitrogen and oxygen atoms in total. The molecule has 2 aromatic rings. The number of fused-ring (bicyclic) bond motifs is 1. The van der Waals surface area contributed by atoms with Gasteiger partial charge in [0.05, 0.1) is 4.47 Å². The molecule has 0 radical (unpaired) electrons. The molecule has 0 bridgehead atoms. The monoisotopic (exact) mass is 268 g/mol. The minimum atomic E-state index is -0.0490. The second kappa shape index (κ2) is 3.20. The van der Waals surface area contributed by atoms with Crippen LogP contribution in [-0.2, 0) is 5.41 Å².